The number of alkyl halides is 3. The maximum Gasteiger partial charge on any atom is 0.416 e. The van der Waals surface area contributed by atoms with Crippen LogP contribution in [0.3, 0.4) is 0 Å². The minimum atomic E-state index is -4.51. The first-order valence-corrected chi connectivity index (χ1v) is 13.8. The number of halogens is 4. The van der Waals surface area contributed by atoms with Crippen LogP contribution in [0.2, 0.25) is 5.02 Å². The molecule has 3 N–H and O–H groups in total. The van der Waals surface area contributed by atoms with Crippen molar-refractivity contribution in [2.24, 2.45) is 17.6 Å². The molecule has 0 bridgehead atoms. The van der Waals surface area contributed by atoms with E-state index in [4.69, 9.17) is 17.3 Å². The van der Waals surface area contributed by atoms with Crippen LogP contribution in [0.4, 0.5) is 18.9 Å². The second-order valence-electron chi connectivity index (χ2n) is 10.6. The van der Waals surface area contributed by atoms with Crippen LogP contribution in [0.1, 0.15) is 56.3 Å². The second kappa shape index (κ2) is 13.5. The lowest BCUT2D eigenvalue weighted by Gasteiger charge is -2.39. The van der Waals surface area contributed by atoms with Crippen LogP contribution in [-0.4, -0.2) is 49.4 Å². The molecule has 2 aromatic carbocycles. The number of nitrogens with two attached hydrogens (primary N) is 1. The highest BCUT2D eigenvalue weighted by Gasteiger charge is 2.34. The van der Waals surface area contributed by atoms with Gasteiger partial charge in [0.05, 0.1) is 11.6 Å². The zero-order valence-corrected chi connectivity index (χ0v) is 23.5. The van der Waals surface area contributed by atoms with Gasteiger partial charge in [0.15, 0.2) is 0 Å². The van der Waals surface area contributed by atoms with E-state index in [0.29, 0.717) is 55.3 Å². The molecule has 0 spiro atoms. The summed E-state index contributed by atoms with van der Waals surface area (Å²) in [7, 11) is 0. The van der Waals surface area contributed by atoms with Gasteiger partial charge in [-0.05, 0) is 60.2 Å². The Balaban J connectivity index is 1.79. The molecule has 1 aliphatic heterocycles. The SMILES string of the molecule is CC(C)C[C@H](NC(=O)CCN)c1cc(C(F)(F)F)ccc1N1CCN(C(=O)[C@H](C)Cc2ccc(Cl)cc2)CC1. The van der Waals surface area contributed by atoms with Crippen molar-refractivity contribution in [3.8, 4) is 0 Å². The van der Waals surface area contributed by atoms with Crippen molar-refractivity contribution in [2.45, 2.75) is 52.3 Å². The quantitative estimate of drug-likeness (QED) is 0.401. The molecule has 10 heteroatoms. The average molecular weight is 567 g/mol. The zero-order valence-electron chi connectivity index (χ0n) is 22.7. The standard InChI is InChI=1S/C29H38ClF3N4O2/c1-19(2)16-25(35-27(38)10-11-34)24-18-22(29(31,32)33)6-9-26(24)36-12-14-37(15-13-36)28(39)20(3)17-21-4-7-23(30)8-5-21/h4-9,18-20,25H,10-17,34H2,1-3H3,(H,35,38)/t20-,25+/m1/s1. The summed E-state index contributed by atoms with van der Waals surface area (Å²) in [6.07, 6.45) is -3.34. The number of benzene rings is 2. The van der Waals surface area contributed by atoms with Crippen molar-refractivity contribution in [1.29, 1.82) is 0 Å². The van der Waals surface area contributed by atoms with Crippen molar-refractivity contribution in [3.05, 3.63) is 64.2 Å². The Morgan fingerprint density at radius 3 is 2.23 bits per heavy atom. The fourth-order valence-corrected chi connectivity index (χ4v) is 5.10. The summed E-state index contributed by atoms with van der Waals surface area (Å²) in [6, 6.07) is 10.6. The number of nitrogens with zero attached hydrogens (tertiary/aromatic N) is 2. The lowest BCUT2D eigenvalue weighted by Crippen LogP contribution is -2.50. The average Bonchev–Trinajstić information content (AvgIpc) is 2.88. The van der Waals surface area contributed by atoms with E-state index < -0.39 is 17.8 Å². The number of rotatable bonds is 10. The number of nitrogens with one attached hydrogen (secondary N) is 1. The van der Waals surface area contributed by atoms with Crippen molar-refractivity contribution >= 4 is 29.1 Å². The molecule has 3 rings (SSSR count). The van der Waals surface area contributed by atoms with Crippen LogP contribution >= 0.6 is 11.6 Å². The van der Waals surface area contributed by atoms with Gasteiger partial charge in [-0.15, -0.1) is 0 Å². The smallest absolute Gasteiger partial charge is 0.368 e. The molecule has 0 aromatic heterocycles. The summed E-state index contributed by atoms with van der Waals surface area (Å²) in [4.78, 5) is 29.4. The minimum absolute atomic E-state index is 0.0453. The van der Waals surface area contributed by atoms with Crippen LogP contribution in [0.25, 0.3) is 0 Å². The fourth-order valence-electron chi connectivity index (χ4n) is 4.97. The maximum atomic E-state index is 13.7. The first-order valence-electron chi connectivity index (χ1n) is 13.4. The van der Waals surface area contributed by atoms with Crippen LogP contribution in [0.5, 0.6) is 0 Å². The highest BCUT2D eigenvalue weighted by Crippen LogP contribution is 2.37. The van der Waals surface area contributed by atoms with E-state index >= 15 is 0 Å². The van der Waals surface area contributed by atoms with Gasteiger partial charge in [-0.1, -0.05) is 44.5 Å². The highest BCUT2D eigenvalue weighted by atomic mass is 35.5. The highest BCUT2D eigenvalue weighted by molar-refractivity contribution is 6.30. The molecule has 0 radical (unpaired) electrons. The predicted molar refractivity (Wildman–Crippen MR) is 149 cm³/mol. The molecule has 39 heavy (non-hydrogen) atoms. The maximum absolute atomic E-state index is 13.7. The van der Waals surface area contributed by atoms with Crippen LogP contribution in [-0.2, 0) is 22.2 Å². The van der Waals surface area contributed by atoms with E-state index in [0.717, 1.165) is 17.7 Å². The van der Waals surface area contributed by atoms with Gasteiger partial charge in [0.2, 0.25) is 11.8 Å². The first kappa shape index (κ1) is 30.8. The third-order valence-electron chi connectivity index (χ3n) is 6.95. The van der Waals surface area contributed by atoms with E-state index in [1.807, 2.05) is 42.7 Å². The largest absolute Gasteiger partial charge is 0.416 e. The molecule has 6 nitrogen and oxygen atoms in total. The number of piperazine rings is 1. The molecule has 214 valence electrons. The Bertz CT molecular complexity index is 1120. The van der Waals surface area contributed by atoms with E-state index in [-0.39, 0.29) is 36.6 Å². The monoisotopic (exact) mass is 566 g/mol. The Morgan fingerprint density at radius 2 is 1.67 bits per heavy atom. The zero-order chi connectivity index (χ0) is 28.7. The number of amides is 2. The van der Waals surface area contributed by atoms with Gasteiger partial charge in [-0.2, -0.15) is 13.2 Å². The Morgan fingerprint density at radius 1 is 1.03 bits per heavy atom. The third-order valence-corrected chi connectivity index (χ3v) is 7.20. The molecule has 1 saturated heterocycles. The van der Waals surface area contributed by atoms with Gasteiger partial charge in [0, 0.05) is 55.8 Å². The van der Waals surface area contributed by atoms with Gasteiger partial charge in [-0.25, -0.2) is 0 Å². The molecule has 2 atom stereocenters. The molecule has 2 aromatic rings. The summed E-state index contributed by atoms with van der Waals surface area (Å²) < 4.78 is 41.0. The van der Waals surface area contributed by atoms with Gasteiger partial charge in [-0.3, -0.25) is 9.59 Å². The molecule has 0 saturated carbocycles. The van der Waals surface area contributed by atoms with E-state index in [1.54, 1.807) is 12.1 Å². The summed E-state index contributed by atoms with van der Waals surface area (Å²) in [6.45, 7) is 7.85. The van der Waals surface area contributed by atoms with Crippen LogP contribution in [0, 0.1) is 11.8 Å². The first-order chi connectivity index (χ1) is 18.4. The Labute approximate surface area is 233 Å². The Hall–Kier alpha value is -2.78. The van der Waals surface area contributed by atoms with Gasteiger partial charge in [0.25, 0.3) is 0 Å². The molecule has 2 amide bonds. The van der Waals surface area contributed by atoms with Crippen molar-refractivity contribution in [1.82, 2.24) is 10.2 Å². The van der Waals surface area contributed by atoms with Gasteiger partial charge in [0.1, 0.15) is 0 Å². The summed E-state index contributed by atoms with van der Waals surface area (Å²) in [5.41, 5.74) is 6.87. The number of anilines is 1. The lowest BCUT2D eigenvalue weighted by molar-refractivity contribution is -0.137. The van der Waals surface area contributed by atoms with E-state index in [9.17, 15) is 22.8 Å². The van der Waals surface area contributed by atoms with E-state index in [2.05, 4.69) is 5.32 Å². The topological polar surface area (TPSA) is 78.7 Å². The molecule has 0 unspecified atom stereocenters. The fraction of sp³-hybridized carbons (Fsp3) is 0.517. The normalized spacial score (nSPS) is 15.8. The van der Waals surface area contributed by atoms with Gasteiger partial charge >= 0.3 is 6.18 Å². The second-order valence-corrected chi connectivity index (χ2v) is 11.0. The molecule has 1 aliphatic rings. The number of hydrogen-bond acceptors (Lipinski definition) is 4. The molecule has 1 heterocycles. The number of hydrogen-bond donors (Lipinski definition) is 2. The minimum Gasteiger partial charge on any atom is -0.368 e. The van der Waals surface area contributed by atoms with Crippen LogP contribution in [0.15, 0.2) is 42.5 Å². The molecular weight excluding hydrogens is 529 g/mol. The lowest BCUT2D eigenvalue weighted by atomic mass is 9.93. The van der Waals surface area contributed by atoms with E-state index in [1.165, 1.54) is 6.07 Å². The summed E-state index contributed by atoms with van der Waals surface area (Å²) in [5.74, 6) is -0.333. The number of carbonyl (C=O) groups excluding carboxylic acids is 2. The molecule has 1 fully saturated rings. The number of carbonyl (C=O) groups is 2. The summed E-state index contributed by atoms with van der Waals surface area (Å²) >= 11 is 5.96. The van der Waals surface area contributed by atoms with Crippen molar-refractivity contribution in [2.75, 3.05) is 37.6 Å². The van der Waals surface area contributed by atoms with Crippen molar-refractivity contribution < 1.29 is 22.8 Å². The molecule has 0 aliphatic carbocycles. The predicted octanol–water partition coefficient (Wildman–Crippen LogP) is 5.44. The van der Waals surface area contributed by atoms with Gasteiger partial charge < -0.3 is 20.9 Å². The third kappa shape index (κ3) is 8.60. The molecular formula is C29H38ClF3N4O2. The Kier molecular flexibility index (Phi) is 10.7. The van der Waals surface area contributed by atoms with Crippen molar-refractivity contribution in [3.63, 3.8) is 0 Å². The summed E-state index contributed by atoms with van der Waals surface area (Å²) in [5, 5.41) is 3.55. The van der Waals surface area contributed by atoms with Crippen LogP contribution < -0.4 is 16.0 Å².